The van der Waals surface area contributed by atoms with Crippen molar-refractivity contribution in [2.45, 2.75) is 24.9 Å². The number of methoxy groups -OCH3 is 1. The van der Waals surface area contributed by atoms with Crippen LogP contribution in [0.2, 0.25) is 0 Å². The maximum Gasteiger partial charge on any atom is 0.230 e. The summed E-state index contributed by atoms with van der Waals surface area (Å²) in [4.78, 5) is 4.29. The maximum absolute atomic E-state index is 9.45. The van der Waals surface area contributed by atoms with Crippen LogP contribution >= 0.6 is 0 Å². The van der Waals surface area contributed by atoms with Crippen LogP contribution in [-0.2, 0) is 11.3 Å². The molecule has 1 aliphatic rings. The van der Waals surface area contributed by atoms with Crippen LogP contribution < -0.4 is 0 Å². The van der Waals surface area contributed by atoms with Gasteiger partial charge in [0.15, 0.2) is 5.82 Å². The van der Waals surface area contributed by atoms with E-state index in [9.17, 15) is 5.11 Å². The number of phenols is 1. The number of hydrogen-bond acceptors (Lipinski definition) is 5. The van der Waals surface area contributed by atoms with Crippen LogP contribution in [0.4, 0.5) is 0 Å². The van der Waals surface area contributed by atoms with Crippen LogP contribution in [0.5, 0.6) is 5.75 Å². The average molecular weight is 246 g/mol. The molecule has 0 aliphatic heterocycles. The Morgan fingerprint density at radius 3 is 3.11 bits per heavy atom. The minimum atomic E-state index is 0.268. The van der Waals surface area contributed by atoms with Gasteiger partial charge in [0.1, 0.15) is 12.4 Å². The molecular weight excluding hydrogens is 232 g/mol. The number of aromatic hydroxyl groups is 1. The van der Waals surface area contributed by atoms with Crippen molar-refractivity contribution in [1.29, 1.82) is 0 Å². The van der Waals surface area contributed by atoms with Crippen molar-refractivity contribution >= 4 is 0 Å². The van der Waals surface area contributed by atoms with Crippen LogP contribution in [-0.4, -0.2) is 22.4 Å². The summed E-state index contributed by atoms with van der Waals surface area (Å²) in [7, 11) is 1.60. The van der Waals surface area contributed by atoms with E-state index in [0.717, 1.165) is 12.0 Å². The Balaban J connectivity index is 1.73. The first-order valence-corrected chi connectivity index (χ1v) is 5.88. The quantitative estimate of drug-likeness (QED) is 0.895. The molecule has 1 heterocycles. The van der Waals surface area contributed by atoms with Crippen molar-refractivity contribution in [3.63, 3.8) is 0 Å². The zero-order chi connectivity index (χ0) is 12.5. The summed E-state index contributed by atoms with van der Waals surface area (Å²) < 4.78 is 10.2. The van der Waals surface area contributed by atoms with E-state index in [1.165, 1.54) is 0 Å². The van der Waals surface area contributed by atoms with E-state index in [2.05, 4.69) is 10.1 Å². The van der Waals surface area contributed by atoms with Gasteiger partial charge in [-0.05, 0) is 30.0 Å². The first kappa shape index (κ1) is 11.2. The average Bonchev–Trinajstić information content (AvgIpc) is 3.03. The normalized spacial score (nSPS) is 22.1. The van der Waals surface area contributed by atoms with Gasteiger partial charge >= 0.3 is 0 Å². The molecule has 0 unspecified atom stereocenters. The Kier molecular flexibility index (Phi) is 2.76. The second kappa shape index (κ2) is 4.42. The molecule has 1 aromatic heterocycles. The van der Waals surface area contributed by atoms with Crippen LogP contribution in [0, 0.1) is 0 Å². The Bertz CT molecular complexity index is 553. The molecule has 0 amide bonds. The van der Waals surface area contributed by atoms with E-state index >= 15 is 0 Å². The van der Waals surface area contributed by atoms with E-state index < -0.39 is 0 Å². The van der Waals surface area contributed by atoms with Crippen molar-refractivity contribution < 1.29 is 14.4 Å². The highest BCUT2D eigenvalue weighted by Crippen LogP contribution is 2.54. The van der Waals surface area contributed by atoms with Gasteiger partial charge in [0.25, 0.3) is 0 Å². The van der Waals surface area contributed by atoms with Gasteiger partial charge in [0.05, 0.1) is 0 Å². The highest BCUT2D eigenvalue weighted by molar-refractivity contribution is 5.35. The van der Waals surface area contributed by atoms with Gasteiger partial charge in [-0.1, -0.05) is 17.3 Å². The molecule has 0 bridgehead atoms. The van der Waals surface area contributed by atoms with Crippen molar-refractivity contribution in [2.24, 2.45) is 0 Å². The first-order chi connectivity index (χ1) is 8.78. The Hall–Kier alpha value is -1.88. The van der Waals surface area contributed by atoms with Gasteiger partial charge < -0.3 is 14.4 Å². The highest BCUT2D eigenvalue weighted by atomic mass is 16.5. The Morgan fingerprint density at radius 2 is 2.33 bits per heavy atom. The lowest BCUT2D eigenvalue weighted by Crippen LogP contribution is -1.90. The largest absolute Gasteiger partial charge is 0.508 e. The molecule has 94 valence electrons. The topological polar surface area (TPSA) is 68.4 Å². The fourth-order valence-electron chi connectivity index (χ4n) is 2.20. The first-order valence-electron chi connectivity index (χ1n) is 5.88. The molecule has 1 saturated carbocycles. The van der Waals surface area contributed by atoms with Crippen LogP contribution in [0.3, 0.4) is 0 Å². The molecule has 5 heteroatoms. The van der Waals surface area contributed by atoms with Gasteiger partial charge in [-0.25, -0.2) is 0 Å². The summed E-state index contributed by atoms with van der Waals surface area (Å²) in [5, 5.41) is 13.3. The number of rotatable bonds is 4. The molecular formula is C13H14N2O3. The van der Waals surface area contributed by atoms with Crippen molar-refractivity contribution in [3.8, 4) is 5.75 Å². The predicted molar refractivity (Wildman–Crippen MR) is 63.2 cm³/mol. The van der Waals surface area contributed by atoms with E-state index in [-0.39, 0.29) is 5.92 Å². The molecule has 2 aromatic rings. The summed E-state index contributed by atoms with van der Waals surface area (Å²) in [6.07, 6.45) is 0.984. The third-order valence-electron chi connectivity index (χ3n) is 3.16. The molecule has 1 aliphatic carbocycles. The molecule has 1 aromatic carbocycles. The smallest absolute Gasteiger partial charge is 0.230 e. The van der Waals surface area contributed by atoms with E-state index in [1.54, 1.807) is 19.2 Å². The van der Waals surface area contributed by atoms with Crippen LogP contribution in [0.1, 0.15) is 35.5 Å². The Morgan fingerprint density at radius 1 is 1.44 bits per heavy atom. The fourth-order valence-corrected chi connectivity index (χ4v) is 2.20. The second-order valence-corrected chi connectivity index (χ2v) is 4.53. The third-order valence-corrected chi connectivity index (χ3v) is 3.16. The van der Waals surface area contributed by atoms with E-state index in [1.807, 2.05) is 12.1 Å². The van der Waals surface area contributed by atoms with Crippen LogP contribution in [0.15, 0.2) is 28.8 Å². The van der Waals surface area contributed by atoms with Gasteiger partial charge in [0, 0.05) is 13.0 Å². The lowest BCUT2D eigenvalue weighted by molar-refractivity contribution is 0.174. The van der Waals surface area contributed by atoms with Crippen LogP contribution in [0.25, 0.3) is 0 Å². The molecule has 0 saturated heterocycles. The van der Waals surface area contributed by atoms with Crippen molar-refractivity contribution in [2.75, 3.05) is 7.11 Å². The number of phenolic OH excluding ortho intramolecular Hbond substituents is 1. The fraction of sp³-hybridized carbons (Fsp3) is 0.385. The molecule has 3 rings (SSSR count). The number of benzene rings is 1. The molecule has 1 fully saturated rings. The van der Waals surface area contributed by atoms with Crippen molar-refractivity contribution in [3.05, 3.63) is 41.5 Å². The van der Waals surface area contributed by atoms with E-state index in [4.69, 9.17) is 9.26 Å². The summed E-state index contributed by atoms with van der Waals surface area (Å²) in [6, 6.07) is 7.32. The summed E-state index contributed by atoms with van der Waals surface area (Å²) in [5.41, 5.74) is 1.12. The third kappa shape index (κ3) is 2.09. The molecule has 5 nitrogen and oxygen atoms in total. The highest BCUT2D eigenvalue weighted by Gasteiger charge is 2.43. The summed E-state index contributed by atoms with van der Waals surface area (Å²) >= 11 is 0. The Labute approximate surface area is 104 Å². The minimum Gasteiger partial charge on any atom is -0.508 e. The predicted octanol–water partition coefficient (Wildman–Crippen LogP) is 2.19. The number of nitrogens with zero attached hydrogens (tertiary/aromatic N) is 2. The van der Waals surface area contributed by atoms with Crippen molar-refractivity contribution in [1.82, 2.24) is 10.1 Å². The summed E-state index contributed by atoms with van der Waals surface area (Å²) in [5.74, 6) is 2.17. The number of aromatic nitrogens is 2. The second-order valence-electron chi connectivity index (χ2n) is 4.53. The van der Waals surface area contributed by atoms with Gasteiger partial charge in [-0.3, -0.25) is 0 Å². The van der Waals surface area contributed by atoms with Gasteiger partial charge in [-0.2, -0.15) is 4.98 Å². The zero-order valence-corrected chi connectivity index (χ0v) is 10.0. The minimum absolute atomic E-state index is 0.268. The monoisotopic (exact) mass is 246 g/mol. The zero-order valence-electron chi connectivity index (χ0n) is 10.0. The maximum atomic E-state index is 9.45. The summed E-state index contributed by atoms with van der Waals surface area (Å²) in [6.45, 7) is 0.368. The molecule has 1 N–H and O–H groups in total. The molecule has 18 heavy (non-hydrogen) atoms. The van der Waals surface area contributed by atoms with Gasteiger partial charge in [-0.15, -0.1) is 0 Å². The van der Waals surface area contributed by atoms with E-state index in [0.29, 0.717) is 30.0 Å². The lowest BCUT2D eigenvalue weighted by atomic mass is 10.1. The number of hydrogen-bond donors (Lipinski definition) is 1. The molecule has 2 atom stereocenters. The lowest BCUT2D eigenvalue weighted by Gasteiger charge is -1.98. The SMILES string of the molecule is COCc1noc([C@@H]2C[C@H]2c2cccc(O)c2)n1. The van der Waals surface area contributed by atoms with Gasteiger partial charge in [0.2, 0.25) is 5.89 Å². The molecule has 0 radical (unpaired) electrons. The standard InChI is InChI=1S/C13H14N2O3/c1-17-7-12-14-13(18-15-12)11-6-10(11)8-3-2-4-9(16)5-8/h2-5,10-11,16H,6-7H2,1H3/t10-,11+/m0/s1. The number of ether oxygens (including phenoxy) is 1. The molecule has 0 spiro atoms.